The smallest absolute Gasteiger partial charge is 0.227 e. The second kappa shape index (κ2) is 12.4. The predicted octanol–water partition coefficient (Wildman–Crippen LogP) is 3.79. The van der Waals surface area contributed by atoms with E-state index >= 15 is 0 Å². The van der Waals surface area contributed by atoms with Crippen LogP contribution in [0.3, 0.4) is 0 Å². The maximum atomic E-state index is 12.3. The Morgan fingerprint density at radius 3 is 2.55 bits per heavy atom. The Labute approximate surface area is 191 Å². The van der Waals surface area contributed by atoms with Gasteiger partial charge in [-0.25, -0.2) is 4.99 Å². The fourth-order valence-electron chi connectivity index (χ4n) is 4.08. The SMILES string of the molecule is CCNC(=NCc1cccc(NC(=O)C2CCCC2)c1)NC1CCC(O)CC1.I. The van der Waals surface area contributed by atoms with Crippen molar-refractivity contribution in [3.8, 4) is 0 Å². The zero-order chi connectivity index (χ0) is 19.8. The molecule has 162 valence electrons. The zero-order valence-corrected chi connectivity index (χ0v) is 19.7. The number of nitrogens with one attached hydrogen (secondary N) is 3. The summed E-state index contributed by atoms with van der Waals surface area (Å²) in [7, 11) is 0. The summed E-state index contributed by atoms with van der Waals surface area (Å²) in [6.07, 6.45) is 7.80. The van der Waals surface area contributed by atoms with Gasteiger partial charge in [0.2, 0.25) is 5.91 Å². The summed E-state index contributed by atoms with van der Waals surface area (Å²) in [5.74, 6) is 1.12. The van der Waals surface area contributed by atoms with Crippen LogP contribution in [-0.4, -0.2) is 35.7 Å². The van der Waals surface area contributed by atoms with Crippen LogP contribution in [0.4, 0.5) is 5.69 Å². The highest BCUT2D eigenvalue weighted by Crippen LogP contribution is 2.26. The van der Waals surface area contributed by atoms with Crippen LogP contribution >= 0.6 is 24.0 Å². The molecule has 1 amide bonds. The van der Waals surface area contributed by atoms with E-state index in [9.17, 15) is 9.90 Å². The van der Waals surface area contributed by atoms with E-state index in [1.54, 1.807) is 0 Å². The molecule has 4 N–H and O–H groups in total. The molecule has 2 aliphatic carbocycles. The fourth-order valence-corrected chi connectivity index (χ4v) is 4.08. The van der Waals surface area contributed by atoms with Gasteiger partial charge in [0.15, 0.2) is 5.96 Å². The van der Waals surface area contributed by atoms with Gasteiger partial charge in [0.05, 0.1) is 12.6 Å². The monoisotopic (exact) mass is 514 g/mol. The maximum absolute atomic E-state index is 12.3. The zero-order valence-electron chi connectivity index (χ0n) is 17.3. The number of aliphatic hydroxyl groups is 1. The lowest BCUT2D eigenvalue weighted by Crippen LogP contribution is -2.45. The molecule has 2 saturated carbocycles. The van der Waals surface area contributed by atoms with Crippen LogP contribution in [0.25, 0.3) is 0 Å². The molecule has 1 aromatic rings. The minimum atomic E-state index is -0.153. The molecule has 0 heterocycles. The van der Waals surface area contributed by atoms with E-state index in [1.165, 1.54) is 0 Å². The molecule has 0 unspecified atom stereocenters. The quantitative estimate of drug-likeness (QED) is 0.265. The molecule has 0 bridgehead atoms. The van der Waals surface area contributed by atoms with Gasteiger partial charge in [0, 0.05) is 24.2 Å². The van der Waals surface area contributed by atoms with Crippen LogP contribution < -0.4 is 16.0 Å². The van der Waals surface area contributed by atoms with E-state index in [1.807, 2.05) is 24.3 Å². The van der Waals surface area contributed by atoms with Crippen LogP contribution in [0.15, 0.2) is 29.3 Å². The summed E-state index contributed by atoms with van der Waals surface area (Å²) >= 11 is 0. The lowest BCUT2D eigenvalue weighted by atomic mass is 9.93. The number of rotatable bonds is 6. The second-order valence-electron chi connectivity index (χ2n) is 8.02. The van der Waals surface area contributed by atoms with Crippen molar-refractivity contribution in [2.45, 2.75) is 77.0 Å². The minimum absolute atomic E-state index is 0. The van der Waals surface area contributed by atoms with Crippen molar-refractivity contribution < 1.29 is 9.90 Å². The van der Waals surface area contributed by atoms with E-state index in [4.69, 9.17) is 4.99 Å². The van der Waals surface area contributed by atoms with E-state index in [0.717, 1.165) is 75.1 Å². The van der Waals surface area contributed by atoms with Crippen LogP contribution in [0, 0.1) is 5.92 Å². The summed E-state index contributed by atoms with van der Waals surface area (Å²) < 4.78 is 0. The first kappa shape index (κ1) is 23.9. The van der Waals surface area contributed by atoms with Crippen LogP contribution in [-0.2, 0) is 11.3 Å². The number of halogens is 1. The Balaban J connectivity index is 0.00000300. The Kier molecular flexibility index (Phi) is 10.2. The van der Waals surface area contributed by atoms with Crippen molar-refractivity contribution in [3.63, 3.8) is 0 Å². The Hall–Kier alpha value is -1.35. The number of nitrogens with zero attached hydrogens (tertiary/aromatic N) is 1. The van der Waals surface area contributed by atoms with E-state index < -0.39 is 0 Å². The van der Waals surface area contributed by atoms with Crippen LogP contribution in [0.2, 0.25) is 0 Å². The van der Waals surface area contributed by atoms with E-state index in [0.29, 0.717) is 12.6 Å². The highest BCUT2D eigenvalue weighted by molar-refractivity contribution is 14.0. The Morgan fingerprint density at radius 1 is 1.14 bits per heavy atom. The van der Waals surface area contributed by atoms with Gasteiger partial charge in [-0.2, -0.15) is 0 Å². The average Bonchev–Trinajstić information content (AvgIpc) is 3.23. The van der Waals surface area contributed by atoms with Crippen molar-refractivity contribution in [2.24, 2.45) is 10.9 Å². The first-order chi connectivity index (χ1) is 13.6. The van der Waals surface area contributed by atoms with Gasteiger partial charge in [-0.3, -0.25) is 4.79 Å². The number of guanidine groups is 1. The highest BCUT2D eigenvalue weighted by Gasteiger charge is 2.22. The number of hydrogen-bond donors (Lipinski definition) is 4. The van der Waals surface area contributed by atoms with Crippen molar-refractivity contribution >= 4 is 41.5 Å². The lowest BCUT2D eigenvalue weighted by molar-refractivity contribution is -0.119. The van der Waals surface area contributed by atoms with E-state index in [-0.39, 0.29) is 41.9 Å². The van der Waals surface area contributed by atoms with Crippen molar-refractivity contribution in [1.82, 2.24) is 10.6 Å². The molecule has 2 fully saturated rings. The average molecular weight is 514 g/mol. The number of aliphatic imine (C=N–C) groups is 1. The summed E-state index contributed by atoms with van der Waals surface area (Å²) in [4.78, 5) is 17.1. The molecule has 0 radical (unpaired) electrons. The van der Waals surface area contributed by atoms with Gasteiger partial charge in [-0.05, 0) is 63.1 Å². The Morgan fingerprint density at radius 2 is 1.86 bits per heavy atom. The molecule has 0 atom stereocenters. The Bertz CT molecular complexity index is 669. The number of aliphatic hydroxyl groups excluding tert-OH is 1. The molecule has 7 heteroatoms. The highest BCUT2D eigenvalue weighted by atomic mass is 127. The van der Waals surface area contributed by atoms with Gasteiger partial charge >= 0.3 is 0 Å². The molecular weight excluding hydrogens is 479 g/mol. The normalized spacial score (nSPS) is 22.6. The minimum Gasteiger partial charge on any atom is -0.393 e. The van der Waals surface area contributed by atoms with Gasteiger partial charge in [-0.15, -0.1) is 24.0 Å². The first-order valence-electron chi connectivity index (χ1n) is 10.8. The van der Waals surface area contributed by atoms with Gasteiger partial charge < -0.3 is 21.1 Å². The molecule has 3 rings (SSSR count). The van der Waals surface area contributed by atoms with Gasteiger partial charge in [-0.1, -0.05) is 25.0 Å². The first-order valence-corrected chi connectivity index (χ1v) is 10.8. The third-order valence-electron chi connectivity index (χ3n) is 5.72. The molecule has 2 aliphatic rings. The van der Waals surface area contributed by atoms with Gasteiger partial charge in [0.25, 0.3) is 0 Å². The summed E-state index contributed by atoms with van der Waals surface area (Å²) in [6, 6.07) is 8.32. The second-order valence-corrected chi connectivity index (χ2v) is 8.02. The molecule has 1 aromatic carbocycles. The topological polar surface area (TPSA) is 85.8 Å². The number of amides is 1. The molecule has 29 heavy (non-hydrogen) atoms. The van der Waals surface area contributed by atoms with Crippen molar-refractivity contribution in [2.75, 3.05) is 11.9 Å². The van der Waals surface area contributed by atoms with Crippen LogP contribution in [0.1, 0.15) is 63.9 Å². The molecule has 0 aliphatic heterocycles. The lowest BCUT2D eigenvalue weighted by Gasteiger charge is -2.27. The van der Waals surface area contributed by atoms with Gasteiger partial charge in [0.1, 0.15) is 0 Å². The number of carbonyl (C=O) groups excluding carboxylic acids is 1. The van der Waals surface area contributed by atoms with Crippen molar-refractivity contribution in [1.29, 1.82) is 0 Å². The molecule has 0 spiro atoms. The standard InChI is InChI=1S/C22H34N4O2.HI/c1-2-23-22(26-18-10-12-20(27)13-11-18)24-15-16-6-5-9-19(14-16)25-21(28)17-7-3-4-8-17;/h5-6,9,14,17-18,20,27H,2-4,7-8,10-13,15H2,1H3,(H,25,28)(H2,23,24,26);1H. The number of hydrogen-bond acceptors (Lipinski definition) is 3. The van der Waals surface area contributed by atoms with E-state index in [2.05, 4.69) is 22.9 Å². The number of anilines is 1. The molecular formula is C22H35IN4O2. The molecule has 6 nitrogen and oxygen atoms in total. The fraction of sp³-hybridized carbons (Fsp3) is 0.636. The summed E-state index contributed by atoms with van der Waals surface area (Å²) in [5.41, 5.74) is 1.92. The molecule has 0 aromatic heterocycles. The summed E-state index contributed by atoms with van der Waals surface area (Å²) in [5, 5.41) is 19.5. The largest absolute Gasteiger partial charge is 0.393 e. The number of benzene rings is 1. The van der Waals surface area contributed by atoms with Crippen LogP contribution in [0.5, 0.6) is 0 Å². The van der Waals surface area contributed by atoms with Crippen molar-refractivity contribution in [3.05, 3.63) is 29.8 Å². The third-order valence-corrected chi connectivity index (χ3v) is 5.72. The summed E-state index contributed by atoms with van der Waals surface area (Å²) in [6.45, 7) is 3.41. The third kappa shape index (κ3) is 7.77. The molecule has 0 saturated heterocycles. The number of carbonyl (C=O) groups is 1. The predicted molar refractivity (Wildman–Crippen MR) is 129 cm³/mol. The maximum Gasteiger partial charge on any atom is 0.227 e.